The van der Waals surface area contributed by atoms with Gasteiger partial charge in [0.05, 0.1) is 22.5 Å². The van der Waals surface area contributed by atoms with Crippen LogP contribution in [-0.4, -0.2) is 9.97 Å². The second-order valence-corrected chi connectivity index (χ2v) is 3.65. The predicted octanol–water partition coefficient (Wildman–Crippen LogP) is 1.99. The Labute approximate surface area is 85.9 Å². The van der Waals surface area contributed by atoms with E-state index in [1.54, 1.807) is 29.9 Å². The quantitative estimate of drug-likeness (QED) is 0.812. The van der Waals surface area contributed by atoms with Crippen LogP contribution in [0.5, 0.6) is 0 Å². The fraction of sp³-hybridized carbons (Fsp3) is 0. The van der Waals surface area contributed by atoms with Crippen molar-refractivity contribution in [1.29, 1.82) is 0 Å². The molecule has 2 aromatic heterocycles. The fourth-order valence-electron chi connectivity index (χ4n) is 1.06. The van der Waals surface area contributed by atoms with Gasteiger partial charge < -0.3 is 5.73 Å². The molecular weight excluding hydrogens is 194 g/mol. The molecule has 0 aliphatic heterocycles. The van der Waals surface area contributed by atoms with Crippen molar-refractivity contribution < 1.29 is 0 Å². The topological polar surface area (TPSA) is 51.8 Å². The molecule has 4 heteroatoms. The molecule has 0 atom stereocenters. The summed E-state index contributed by atoms with van der Waals surface area (Å²) in [7, 11) is 0. The average molecular weight is 203 g/mol. The van der Waals surface area contributed by atoms with Crippen LogP contribution >= 0.6 is 11.3 Å². The molecule has 0 aliphatic rings. The number of aromatic nitrogens is 2. The van der Waals surface area contributed by atoms with Gasteiger partial charge in [0, 0.05) is 12.4 Å². The predicted molar refractivity (Wildman–Crippen MR) is 58.4 cm³/mol. The van der Waals surface area contributed by atoms with E-state index < -0.39 is 0 Å². The molecule has 0 aliphatic carbocycles. The van der Waals surface area contributed by atoms with Crippen molar-refractivity contribution in [3.8, 4) is 0 Å². The summed E-state index contributed by atoms with van der Waals surface area (Å²) in [6.07, 6.45) is 6.78. The van der Waals surface area contributed by atoms with Crippen molar-refractivity contribution in [3.63, 3.8) is 0 Å². The van der Waals surface area contributed by atoms with E-state index in [1.165, 1.54) is 0 Å². The third kappa shape index (κ3) is 1.97. The Morgan fingerprint density at radius 3 is 3.00 bits per heavy atom. The van der Waals surface area contributed by atoms with E-state index in [0.29, 0.717) is 0 Å². The molecule has 0 spiro atoms. The summed E-state index contributed by atoms with van der Waals surface area (Å²) in [5, 5.41) is 1.99. The zero-order chi connectivity index (χ0) is 9.80. The van der Waals surface area contributed by atoms with Gasteiger partial charge in [-0.1, -0.05) is 6.07 Å². The van der Waals surface area contributed by atoms with Crippen LogP contribution in [0, 0.1) is 0 Å². The summed E-state index contributed by atoms with van der Waals surface area (Å²) in [5.74, 6) is 0. The Morgan fingerprint density at radius 2 is 2.36 bits per heavy atom. The molecule has 0 bridgehead atoms. The molecule has 0 fully saturated rings. The Hall–Kier alpha value is -1.68. The van der Waals surface area contributed by atoms with Crippen LogP contribution in [0.1, 0.15) is 10.6 Å². The first kappa shape index (κ1) is 8.90. The first-order valence-corrected chi connectivity index (χ1v) is 5.01. The van der Waals surface area contributed by atoms with Gasteiger partial charge >= 0.3 is 0 Å². The zero-order valence-electron chi connectivity index (χ0n) is 7.42. The minimum Gasteiger partial charge on any atom is -0.398 e. The summed E-state index contributed by atoms with van der Waals surface area (Å²) in [4.78, 5) is 9.13. The highest BCUT2D eigenvalue weighted by atomic mass is 32.1. The van der Waals surface area contributed by atoms with Crippen molar-refractivity contribution >= 4 is 23.1 Å². The van der Waals surface area contributed by atoms with Crippen LogP contribution in [0.15, 0.2) is 36.1 Å². The monoisotopic (exact) mass is 203 g/mol. The molecule has 2 heterocycles. The molecule has 0 unspecified atom stereocenters. The van der Waals surface area contributed by atoms with Gasteiger partial charge in [-0.25, -0.2) is 0 Å². The number of rotatable bonds is 2. The highest BCUT2D eigenvalue weighted by molar-refractivity contribution is 7.11. The zero-order valence-corrected chi connectivity index (χ0v) is 8.24. The number of nitrogens with zero attached hydrogens (tertiary/aromatic N) is 2. The van der Waals surface area contributed by atoms with Gasteiger partial charge in [0.25, 0.3) is 0 Å². The lowest BCUT2D eigenvalue weighted by Gasteiger charge is -1.96. The molecule has 0 radical (unpaired) electrons. The second-order valence-electron chi connectivity index (χ2n) is 2.71. The molecule has 2 N–H and O–H groups in total. The average Bonchev–Trinajstić information content (AvgIpc) is 2.72. The van der Waals surface area contributed by atoms with E-state index in [1.807, 2.05) is 23.6 Å². The maximum atomic E-state index is 5.88. The first-order valence-electron chi connectivity index (χ1n) is 4.13. The second kappa shape index (κ2) is 4.02. The molecule has 2 aromatic rings. The highest BCUT2D eigenvalue weighted by Gasteiger charge is 1.97. The molecule has 70 valence electrons. The molecule has 0 amide bonds. The summed E-state index contributed by atoms with van der Waals surface area (Å²) in [6, 6.07) is 3.95. The van der Waals surface area contributed by atoms with Crippen LogP contribution in [0.3, 0.4) is 0 Å². The Kier molecular flexibility index (Phi) is 2.55. The Bertz CT molecular complexity index is 420. The molecule has 14 heavy (non-hydrogen) atoms. The number of nitrogens with two attached hydrogens (primary N) is 1. The van der Waals surface area contributed by atoms with Crippen LogP contribution < -0.4 is 5.73 Å². The van der Waals surface area contributed by atoms with Gasteiger partial charge in [0.15, 0.2) is 0 Å². The molecule has 2 rings (SSSR count). The first-order chi connectivity index (χ1) is 6.86. The summed E-state index contributed by atoms with van der Waals surface area (Å²) in [5.41, 5.74) is 7.37. The van der Waals surface area contributed by atoms with Gasteiger partial charge in [-0.2, -0.15) is 0 Å². The lowest BCUT2D eigenvalue weighted by Crippen LogP contribution is -1.93. The molecule has 3 nitrogen and oxygen atoms in total. The van der Waals surface area contributed by atoms with E-state index in [2.05, 4.69) is 9.97 Å². The minimum atomic E-state index is 0.723. The Morgan fingerprint density at radius 1 is 1.43 bits per heavy atom. The number of thiophene rings is 1. The lowest BCUT2D eigenvalue weighted by atomic mass is 10.3. The van der Waals surface area contributed by atoms with Crippen molar-refractivity contribution in [2.75, 3.05) is 0 Å². The minimum absolute atomic E-state index is 0.723. The van der Waals surface area contributed by atoms with Gasteiger partial charge in [0.2, 0.25) is 0 Å². The van der Waals surface area contributed by atoms with Gasteiger partial charge in [-0.05, 0) is 17.5 Å². The van der Waals surface area contributed by atoms with Crippen LogP contribution in [-0.2, 0) is 0 Å². The largest absolute Gasteiger partial charge is 0.398 e. The molecule has 0 saturated heterocycles. The third-order valence-corrected chi connectivity index (χ3v) is 2.61. The van der Waals surface area contributed by atoms with Crippen LogP contribution in [0.4, 0.5) is 0 Å². The van der Waals surface area contributed by atoms with E-state index in [4.69, 9.17) is 5.73 Å². The SMILES string of the molecule is NC(=Cc1cnccn1)c1cccs1. The van der Waals surface area contributed by atoms with Crippen molar-refractivity contribution in [2.45, 2.75) is 0 Å². The summed E-state index contributed by atoms with van der Waals surface area (Å²) >= 11 is 1.61. The molecule has 0 aromatic carbocycles. The Balaban J connectivity index is 2.28. The molecular formula is C10H9N3S. The van der Waals surface area contributed by atoms with Gasteiger partial charge in [0.1, 0.15) is 0 Å². The van der Waals surface area contributed by atoms with Crippen molar-refractivity contribution in [3.05, 3.63) is 46.7 Å². The van der Waals surface area contributed by atoms with E-state index in [-0.39, 0.29) is 0 Å². The van der Waals surface area contributed by atoms with Crippen molar-refractivity contribution in [1.82, 2.24) is 9.97 Å². The van der Waals surface area contributed by atoms with Crippen LogP contribution in [0.25, 0.3) is 11.8 Å². The molecule has 0 saturated carbocycles. The van der Waals surface area contributed by atoms with E-state index in [9.17, 15) is 0 Å². The standard InChI is InChI=1S/C10H9N3S/c11-9(10-2-1-5-14-10)6-8-7-12-3-4-13-8/h1-7H,11H2. The van der Waals surface area contributed by atoms with Gasteiger partial charge in [-0.3, -0.25) is 9.97 Å². The van der Waals surface area contributed by atoms with E-state index >= 15 is 0 Å². The van der Waals surface area contributed by atoms with E-state index in [0.717, 1.165) is 16.3 Å². The summed E-state index contributed by atoms with van der Waals surface area (Å²) in [6.45, 7) is 0. The van der Waals surface area contributed by atoms with Crippen molar-refractivity contribution in [2.24, 2.45) is 5.73 Å². The maximum absolute atomic E-state index is 5.88. The fourth-order valence-corrected chi connectivity index (χ4v) is 1.71. The summed E-state index contributed by atoms with van der Waals surface area (Å²) < 4.78 is 0. The lowest BCUT2D eigenvalue weighted by molar-refractivity contribution is 1.18. The smallest absolute Gasteiger partial charge is 0.0833 e. The maximum Gasteiger partial charge on any atom is 0.0833 e. The third-order valence-electron chi connectivity index (χ3n) is 1.69. The number of hydrogen-bond donors (Lipinski definition) is 1. The van der Waals surface area contributed by atoms with Gasteiger partial charge in [-0.15, -0.1) is 11.3 Å². The van der Waals surface area contributed by atoms with Crippen LogP contribution in [0.2, 0.25) is 0 Å². The normalized spacial score (nSPS) is 11.6. The highest BCUT2D eigenvalue weighted by Crippen LogP contribution is 2.17. The number of hydrogen-bond acceptors (Lipinski definition) is 4.